The summed E-state index contributed by atoms with van der Waals surface area (Å²) in [7, 11) is 1.30. The number of nitrogens with zero attached hydrogens (tertiary/aromatic N) is 1. The third-order valence-electron chi connectivity index (χ3n) is 8.15. The van der Waals surface area contributed by atoms with Crippen molar-refractivity contribution in [3.63, 3.8) is 0 Å². The van der Waals surface area contributed by atoms with E-state index in [4.69, 9.17) is 4.74 Å². The van der Waals surface area contributed by atoms with Crippen LogP contribution in [0.25, 0.3) is 11.1 Å². The van der Waals surface area contributed by atoms with Crippen LogP contribution in [0.4, 0.5) is 24.5 Å². The molecule has 1 fully saturated rings. The first-order chi connectivity index (χ1) is 22.1. The Hall–Kier alpha value is -5.12. The van der Waals surface area contributed by atoms with Gasteiger partial charge in [-0.2, -0.15) is 13.2 Å². The molecule has 1 saturated heterocycles. The maximum Gasteiger partial charge on any atom is 0.416 e. The van der Waals surface area contributed by atoms with E-state index >= 15 is 0 Å². The molecule has 0 aromatic heterocycles. The number of piperidine rings is 1. The zero-order chi connectivity index (χ0) is 32.7. The number of carbonyl (C=O) groups excluding carboxylic acids is 3. The lowest BCUT2D eigenvalue weighted by atomic mass is 9.92. The molecule has 4 aromatic rings. The second-order valence-corrected chi connectivity index (χ2v) is 11.2. The zero-order valence-corrected chi connectivity index (χ0v) is 25.2. The summed E-state index contributed by atoms with van der Waals surface area (Å²) in [4.78, 5) is 40.6. The molecule has 10 heteroatoms. The van der Waals surface area contributed by atoms with Crippen molar-refractivity contribution in [2.75, 3.05) is 30.4 Å². The quantitative estimate of drug-likeness (QED) is 0.190. The number of halogens is 3. The van der Waals surface area contributed by atoms with Gasteiger partial charge in [0, 0.05) is 36.4 Å². The molecule has 0 spiro atoms. The van der Waals surface area contributed by atoms with Gasteiger partial charge in [-0.05, 0) is 77.9 Å². The smallest absolute Gasteiger partial charge is 0.416 e. The first-order valence-corrected chi connectivity index (χ1v) is 15.0. The van der Waals surface area contributed by atoms with Crippen LogP contribution in [0.3, 0.4) is 0 Å². The van der Waals surface area contributed by atoms with Crippen LogP contribution in [0, 0.1) is 5.92 Å². The van der Waals surface area contributed by atoms with Crippen molar-refractivity contribution < 1.29 is 32.3 Å². The van der Waals surface area contributed by atoms with Gasteiger partial charge in [0.2, 0.25) is 5.91 Å². The van der Waals surface area contributed by atoms with E-state index in [0.29, 0.717) is 34.4 Å². The summed E-state index contributed by atoms with van der Waals surface area (Å²) >= 11 is 0. The molecule has 0 radical (unpaired) electrons. The van der Waals surface area contributed by atoms with Crippen LogP contribution in [0.1, 0.15) is 46.8 Å². The lowest BCUT2D eigenvalue weighted by Crippen LogP contribution is -2.38. The molecule has 46 heavy (non-hydrogen) atoms. The largest absolute Gasteiger partial charge is 0.467 e. The normalized spacial score (nSPS) is 14.3. The Kier molecular flexibility index (Phi) is 10.0. The van der Waals surface area contributed by atoms with Gasteiger partial charge in [-0.25, -0.2) is 4.79 Å². The fourth-order valence-corrected chi connectivity index (χ4v) is 5.64. The molecule has 2 amide bonds. The monoisotopic (exact) mass is 629 g/mol. The molecule has 0 aliphatic carbocycles. The van der Waals surface area contributed by atoms with Crippen LogP contribution in [-0.2, 0) is 20.5 Å². The van der Waals surface area contributed by atoms with Crippen molar-refractivity contribution in [2.24, 2.45) is 5.92 Å². The summed E-state index contributed by atoms with van der Waals surface area (Å²) in [5.41, 5.74) is 2.87. The van der Waals surface area contributed by atoms with Crippen molar-refractivity contribution in [3.05, 3.63) is 120 Å². The van der Waals surface area contributed by atoms with E-state index in [1.807, 2.05) is 30.3 Å². The SMILES string of the molecule is COC(=O)[C@@H](NC(=O)CC1CCN(c2ccc(NC(=O)c3ccccc3-c3ccc(C(F)(F)F)cc3)cc2)CC1)c1ccccc1. The highest BCUT2D eigenvalue weighted by molar-refractivity contribution is 6.08. The number of alkyl halides is 3. The number of ether oxygens (including phenoxy) is 1. The fraction of sp³-hybridized carbons (Fsp3) is 0.250. The summed E-state index contributed by atoms with van der Waals surface area (Å²) < 4.78 is 43.9. The van der Waals surface area contributed by atoms with Crippen LogP contribution >= 0.6 is 0 Å². The first kappa shape index (κ1) is 32.3. The van der Waals surface area contributed by atoms with Gasteiger partial charge in [-0.1, -0.05) is 60.7 Å². The standard InChI is InChI=1S/C36H34F3N3O4/c1-46-35(45)33(26-7-3-2-4-8-26)41-32(43)23-24-19-21-42(22-20-24)29-17-15-28(16-18-29)40-34(44)31-10-6-5-9-30(31)25-11-13-27(14-12-25)36(37,38)39/h2-18,24,33H,19-23H2,1H3,(H,40,44)(H,41,43)/t33-/m0/s1. The van der Waals surface area contributed by atoms with Crippen LogP contribution in [-0.4, -0.2) is 38.0 Å². The molecule has 4 aromatic carbocycles. The Bertz CT molecular complexity index is 1650. The van der Waals surface area contributed by atoms with E-state index in [9.17, 15) is 27.6 Å². The second kappa shape index (κ2) is 14.3. The lowest BCUT2D eigenvalue weighted by molar-refractivity contribution is -0.145. The highest BCUT2D eigenvalue weighted by Gasteiger charge is 2.30. The number of esters is 1. The molecular weight excluding hydrogens is 595 g/mol. The van der Waals surface area contributed by atoms with Gasteiger partial charge in [0.05, 0.1) is 12.7 Å². The van der Waals surface area contributed by atoms with Crippen molar-refractivity contribution in [1.82, 2.24) is 5.32 Å². The van der Waals surface area contributed by atoms with E-state index in [-0.39, 0.29) is 17.7 Å². The molecule has 1 aliphatic rings. The van der Waals surface area contributed by atoms with E-state index in [2.05, 4.69) is 15.5 Å². The molecule has 1 heterocycles. The Morgan fingerprint density at radius 2 is 1.48 bits per heavy atom. The summed E-state index contributed by atoms with van der Waals surface area (Å²) in [6, 6.07) is 27.1. The molecule has 0 bridgehead atoms. The molecule has 2 N–H and O–H groups in total. The summed E-state index contributed by atoms with van der Waals surface area (Å²) in [6.07, 6.45) is -2.51. The molecular formula is C36H34F3N3O4. The van der Waals surface area contributed by atoms with Crippen molar-refractivity contribution in [3.8, 4) is 11.1 Å². The number of nitrogens with one attached hydrogen (secondary N) is 2. The summed E-state index contributed by atoms with van der Waals surface area (Å²) in [5.74, 6) is -0.910. The maximum atomic E-state index is 13.2. The van der Waals surface area contributed by atoms with Gasteiger partial charge < -0.3 is 20.3 Å². The average Bonchev–Trinajstić information content (AvgIpc) is 3.07. The molecule has 0 saturated carbocycles. The predicted octanol–water partition coefficient (Wildman–Crippen LogP) is 7.26. The van der Waals surface area contributed by atoms with Gasteiger partial charge in [-0.3, -0.25) is 9.59 Å². The van der Waals surface area contributed by atoms with Crippen molar-refractivity contribution >= 4 is 29.2 Å². The third-order valence-corrected chi connectivity index (χ3v) is 8.15. The summed E-state index contributed by atoms with van der Waals surface area (Å²) in [6.45, 7) is 1.51. The zero-order valence-electron chi connectivity index (χ0n) is 25.2. The predicted molar refractivity (Wildman–Crippen MR) is 170 cm³/mol. The number of hydrogen-bond acceptors (Lipinski definition) is 5. The Morgan fingerprint density at radius 1 is 0.848 bits per heavy atom. The van der Waals surface area contributed by atoms with Gasteiger partial charge >= 0.3 is 12.1 Å². The second-order valence-electron chi connectivity index (χ2n) is 11.2. The van der Waals surface area contributed by atoms with Crippen LogP contribution < -0.4 is 15.5 Å². The van der Waals surface area contributed by atoms with E-state index < -0.39 is 23.8 Å². The number of anilines is 2. The minimum Gasteiger partial charge on any atom is -0.467 e. The molecule has 0 unspecified atom stereocenters. The van der Waals surface area contributed by atoms with E-state index in [1.165, 1.54) is 19.2 Å². The lowest BCUT2D eigenvalue weighted by Gasteiger charge is -2.33. The molecule has 238 valence electrons. The fourth-order valence-electron chi connectivity index (χ4n) is 5.64. The van der Waals surface area contributed by atoms with Gasteiger partial charge in [0.1, 0.15) is 0 Å². The van der Waals surface area contributed by atoms with E-state index in [0.717, 1.165) is 43.8 Å². The average molecular weight is 630 g/mol. The maximum absolute atomic E-state index is 13.2. The Labute approximate surface area is 265 Å². The number of benzene rings is 4. The van der Waals surface area contributed by atoms with Crippen LogP contribution in [0.15, 0.2) is 103 Å². The van der Waals surface area contributed by atoms with Crippen LogP contribution in [0.2, 0.25) is 0 Å². The van der Waals surface area contributed by atoms with Crippen LogP contribution in [0.5, 0.6) is 0 Å². The number of rotatable bonds is 9. The highest BCUT2D eigenvalue weighted by atomic mass is 19.4. The molecule has 5 rings (SSSR count). The Morgan fingerprint density at radius 3 is 2.11 bits per heavy atom. The van der Waals surface area contributed by atoms with Gasteiger partial charge in [-0.15, -0.1) is 0 Å². The summed E-state index contributed by atoms with van der Waals surface area (Å²) in [5, 5.41) is 5.71. The minimum atomic E-state index is -4.44. The number of amides is 2. The topological polar surface area (TPSA) is 87.7 Å². The van der Waals surface area contributed by atoms with Gasteiger partial charge in [0.25, 0.3) is 5.91 Å². The number of hydrogen-bond donors (Lipinski definition) is 2. The minimum absolute atomic E-state index is 0.175. The highest BCUT2D eigenvalue weighted by Crippen LogP contribution is 2.32. The van der Waals surface area contributed by atoms with E-state index in [1.54, 1.807) is 48.5 Å². The number of carbonyl (C=O) groups is 3. The number of methoxy groups -OCH3 is 1. The van der Waals surface area contributed by atoms with Crippen molar-refractivity contribution in [1.29, 1.82) is 0 Å². The third kappa shape index (κ3) is 7.93. The Balaban J connectivity index is 1.15. The molecule has 1 aliphatic heterocycles. The molecule has 1 atom stereocenters. The van der Waals surface area contributed by atoms with Gasteiger partial charge in [0.15, 0.2) is 6.04 Å². The molecule has 7 nitrogen and oxygen atoms in total. The van der Waals surface area contributed by atoms with Crippen molar-refractivity contribution in [2.45, 2.75) is 31.5 Å². The first-order valence-electron chi connectivity index (χ1n) is 15.0.